The van der Waals surface area contributed by atoms with Crippen LogP contribution >= 0.6 is 0 Å². The minimum atomic E-state index is -1.60. The van der Waals surface area contributed by atoms with Crippen molar-refractivity contribution in [2.45, 2.75) is 144 Å². The van der Waals surface area contributed by atoms with Gasteiger partial charge in [0, 0.05) is 57.5 Å². The fourth-order valence-electron chi connectivity index (χ4n) is 9.93. The highest BCUT2D eigenvalue weighted by Crippen LogP contribution is 2.23. The van der Waals surface area contributed by atoms with Crippen molar-refractivity contribution >= 4 is 71.1 Å². The number of aromatic amines is 1. The number of rotatable bonds is 30. The van der Waals surface area contributed by atoms with Gasteiger partial charge in [0.15, 0.2) is 11.9 Å². The molecule has 3 saturated heterocycles. The maximum Gasteiger partial charge on any atom is 0.325 e. The first kappa shape index (κ1) is 64.4. The summed E-state index contributed by atoms with van der Waals surface area (Å²) in [4.78, 5) is 156. The largest absolute Gasteiger partial charge is 0.480 e. The van der Waals surface area contributed by atoms with Crippen molar-refractivity contribution in [1.29, 1.82) is 0 Å². The fourth-order valence-corrected chi connectivity index (χ4v) is 9.93. The Bertz CT molecular complexity index is 2600. The molecule has 0 aliphatic carbocycles. The molecule has 4 heterocycles. The number of H-pyrrole nitrogens is 1. The summed E-state index contributed by atoms with van der Waals surface area (Å²) in [6.07, 6.45) is 4.37. The molecule has 82 heavy (non-hydrogen) atoms. The molecule has 3 aliphatic heterocycles. The van der Waals surface area contributed by atoms with E-state index in [1.165, 1.54) is 29.2 Å². The van der Waals surface area contributed by atoms with Gasteiger partial charge in [0.25, 0.3) is 0 Å². The molecule has 3 fully saturated rings. The predicted molar refractivity (Wildman–Crippen MR) is 294 cm³/mol. The molecule has 31 nitrogen and oxygen atoms in total. The standard InChI is InChI=1S/C51H78N18O13/c1-28(49(81)82)61-43(75)37-14-8-21-69(37)48(80)36(26-71)66-41(73)34(22-29-10-3-2-4-11-29)64-40(72)32(12-5-17-58-50(53)54)62-44(76)39-16-9-20-68(39)47(79)33(13-6-18-59-51(55)56)63-42(74)35(23-30-24-57-27-60-30)65-45(77)38-15-7-19-67(38)46(78)31(52)25-70/h2-4,10-11,24,27-28,31-39,70-71H,5-9,12-23,25-26,52H2,1H3,(H,57,60)(H,61,75)(H,62,76)(H,63,74)(H,64,72)(H,65,77)(H,66,73)(H,81,82)(H4,53,54,58)(H4,55,56,59)/t28-,31-,32-,33-,34-,35-,36-,37-,38-,39-/m0/s1. The van der Waals surface area contributed by atoms with Gasteiger partial charge < -0.3 is 95.6 Å². The second kappa shape index (κ2) is 31.5. The van der Waals surface area contributed by atoms with Crippen LogP contribution < -0.4 is 60.6 Å². The van der Waals surface area contributed by atoms with Gasteiger partial charge in [-0.3, -0.25) is 57.9 Å². The number of guanidine groups is 2. The molecular weight excluding hydrogens is 1070 g/mol. The summed E-state index contributed by atoms with van der Waals surface area (Å²) < 4.78 is 0. The van der Waals surface area contributed by atoms with Crippen LogP contribution in [0.1, 0.15) is 82.4 Å². The molecular formula is C51H78N18O13. The van der Waals surface area contributed by atoms with Gasteiger partial charge in [-0.25, -0.2) is 4.98 Å². The van der Waals surface area contributed by atoms with Gasteiger partial charge in [0.1, 0.15) is 60.4 Å². The number of aliphatic imine (C=N–C) groups is 2. The molecule has 9 amide bonds. The van der Waals surface area contributed by atoms with Crippen LogP contribution in [0.3, 0.4) is 0 Å². The number of nitrogens with one attached hydrogen (secondary N) is 7. The number of carbonyl (C=O) groups excluding carboxylic acids is 9. The topological polar surface area (TPSA) is 497 Å². The summed E-state index contributed by atoms with van der Waals surface area (Å²) in [5.74, 6) is -8.67. The zero-order valence-electron chi connectivity index (χ0n) is 45.7. The maximum absolute atomic E-state index is 14.8. The Morgan fingerprint density at radius 2 is 1.06 bits per heavy atom. The monoisotopic (exact) mass is 1150 g/mol. The molecule has 31 heteroatoms. The van der Waals surface area contributed by atoms with Crippen molar-refractivity contribution in [2.24, 2.45) is 38.7 Å². The second-order valence-corrected chi connectivity index (χ2v) is 20.3. The summed E-state index contributed by atoms with van der Waals surface area (Å²) in [5, 5.41) is 45.0. The number of nitrogens with zero attached hydrogens (tertiary/aromatic N) is 6. The maximum atomic E-state index is 14.8. The van der Waals surface area contributed by atoms with E-state index >= 15 is 0 Å². The van der Waals surface area contributed by atoms with Gasteiger partial charge >= 0.3 is 5.97 Å². The van der Waals surface area contributed by atoms with Crippen LogP contribution in [0.15, 0.2) is 52.8 Å². The Morgan fingerprint density at radius 3 is 1.55 bits per heavy atom. The lowest BCUT2D eigenvalue weighted by molar-refractivity contribution is -0.145. The minimum Gasteiger partial charge on any atom is -0.480 e. The van der Waals surface area contributed by atoms with E-state index in [0.29, 0.717) is 30.5 Å². The smallest absolute Gasteiger partial charge is 0.325 e. The van der Waals surface area contributed by atoms with E-state index in [-0.39, 0.29) is 102 Å². The molecule has 1 aromatic carbocycles. The average Bonchev–Trinajstić information content (AvgIpc) is 4.52. The van der Waals surface area contributed by atoms with E-state index in [2.05, 4.69) is 51.9 Å². The highest BCUT2D eigenvalue weighted by atomic mass is 16.4. The van der Waals surface area contributed by atoms with Gasteiger partial charge in [-0.2, -0.15) is 0 Å². The second-order valence-electron chi connectivity index (χ2n) is 20.3. The van der Waals surface area contributed by atoms with Crippen LogP contribution in [0, 0.1) is 0 Å². The molecule has 1 aromatic heterocycles. The first-order valence-electron chi connectivity index (χ1n) is 27.2. The lowest BCUT2D eigenvalue weighted by Gasteiger charge is -2.31. The van der Waals surface area contributed by atoms with Gasteiger partial charge in [-0.1, -0.05) is 30.3 Å². The molecule has 3 aliphatic rings. The van der Waals surface area contributed by atoms with Crippen LogP contribution in [0.4, 0.5) is 0 Å². The summed E-state index contributed by atoms with van der Waals surface area (Å²) in [6.45, 7) is 0.0628. The summed E-state index contributed by atoms with van der Waals surface area (Å²) >= 11 is 0. The number of aromatic nitrogens is 2. The number of hydrogen-bond acceptors (Lipinski definition) is 16. The van der Waals surface area contributed by atoms with Crippen LogP contribution in [0.2, 0.25) is 0 Å². The zero-order valence-corrected chi connectivity index (χ0v) is 45.7. The molecule has 0 bridgehead atoms. The number of carboxylic acids is 1. The molecule has 0 saturated carbocycles. The predicted octanol–water partition coefficient (Wildman–Crippen LogP) is -6.40. The Labute approximate surface area is 472 Å². The Morgan fingerprint density at radius 1 is 0.610 bits per heavy atom. The molecule has 0 spiro atoms. The third-order valence-corrected chi connectivity index (χ3v) is 14.2. The lowest BCUT2D eigenvalue weighted by atomic mass is 10.0. The van der Waals surface area contributed by atoms with Gasteiger partial charge in [-0.05, 0) is 76.7 Å². The number of carboxylic acid groups (broad SMARTS) is 1. The summed E-state index contributed by atoms with van der Waals surface area (Å²) in [6, 6.07) is -4.45. The van der Waals surface area contributed by atoms with Gasteiger partial charge in [-0.15, -0.1) is 0 Å². The summed E-state index contributed by atoms with van der Waals surface area (Å²) in [5.41, 5.74) is 29.1. The number of likely N-dealkylation sites (tertiary alicyclic amines) is 3. The fraction of sp³-hybridized carbons (Fsp3) is 0.588. The minimum absolute atomic E-state index is 0.0208. The van der Waals surface area contributed by atoms with E-state index < -0.39 is 133 Å². The first-order chi connectivity index (χ1) is 39.1. The van der Waals surface area contributed by atoms with Crippen LogP contribution in [0.25, 0.3) is 0 Å². The number of benzene rings is 1. The molecule has 2 aromatic rings. The molecule has 0 radical (unpaired) electrons. The number of nitrogens with two attached hydrogens (primary N) is 5. The number of aliphatic hydroxyl groups is 2. The molecule has 0 unspecified atom stereocenters. The first-order valence-corrected chi connectivity index (χ1v) is 27.2. The van der Waals surface area contributed by atoms with Crippen molar-refractivity contribution in [3.63, 3.8) is 0 Å². The molecule has 10 atom stereocenters. The van der Waals surface area contributed by atoms with Crippen molar-refractivity contribution in [1.82, 2.24) is 56.6 Å². The number of carbonyl (C=O) groups is 10. The van der Waals surface area contributed by atoms with Crippen molar-refractivity contribution in [2.75, 3.05) is 45.9 Å². The zero-order chi connectivity index (χ0) is 60.0. The van der Waals surface area contributed by atoms with E-state index in [0.717, 1.165) is 4.90 Å². The van der Waals surface area contributed by atoms with Crippen molar-refractivity contribution in [3.8, 4) is 0 Å². The third-order valence-electron chi connectivity index (χ3n) is 14.2. The number of aliphatic hydroxyl groups excluding tert-OH is 2. The average molecular weight is 1150 g/mol. The quantitative estimate of drug-likeness (QED) is 0.0196. The van der Waals surface area contributed by atoms with Gasteiger partial charge in [0.05, 0.1) is 19.5 Å². The molecule has 20 N–H and O–H groups in total. The number of amides is 9. The normalized spacial score (nSPS) is 19.2. The third kappa shape index (κ3) is 18.6. The Hall–Kier alpha value is -8.45. The van der Waals surface area contributed by atoms with Gasteiger partial charge in [0.2, 0.25) is 53.2 Å². The van der Waals surface area contributed by atoms with E-state index in [4.69, 9.17) is 28.7 Å². The van der Waals surface area contributed by atoms with E-state index in [9.17, 15) is 63.3 Å². The van der Waals surface area contributed by atoms with Crippen LogP contribution in [0.5, 0.6) is 0 Å². The van der Waals surface area contributed by atoms with Crippen molar-refractivity contribution < 1.29 is 63.3 Å². The highest BCUT2D eigenvalue weighted by molar-refractivity contribution is 5.99. The molecule has 450 valence electrons. The SMILES string of the molecule is C[C@H](NC(=O)[C@@H]1CCCN1C(=O)[C@H](CO)NC(=O)[C@H](Cc1ccccc1)NC(=O)[C@H](CCCN=C(N)N)NC(=O)[C@@H]1CCCN1C(=O)[C@H](CCCN=C(N)N)NC(=O)[C@H](Cc1cnc[nH]1)NC(=O)[C@@H]1CCCN1C(=O)[C@@H](N)CO)C(=O)O. The van der Waals surface area contributed by atoms with E-state index in [1.807, 2.05) is 0 Å². The number of aliphatic carboxylic acids is 1. The van der Waals surface area contributed by atoms with E-state index in [1.54, 1.807) is 30.3 Å². The highest BCUT2D eigenvalue weighted by Gasteiger charge is 2.43. The van der Waals surface area contributed by atoms with Crippen molar-refractivity contribution in [3.05, 3.63) is 54.1 Å². The Balaban J connectivity index is 1.37. The van der Waals surface area contributed by atoms with Crippen LogP contribution in [-0.4, -0.2) is 217 Å². The summed E-state index contributed by atoms with van der Waals surface area (Å²) in [7, 11) is 0. The Kier molecular flexibility index (Phi) is 24.7. The number of hydrogen-bond donors (Lipinski definition) is 15. The number of imidazole rings is 1. The lowest BCUT2D eigenvalue weighted by Crippen LogP contribution is -2.61. The molecule has 5 rings (SSSR count). The van der Waals surface area contributed by atoms with Crippen LogP contribution in [-0.2, 0) is 60.8 Å².